The van der Waals surface area contributed by atoms with Gasteiger partial charge in [0.2, 0.25) is 0 Å². The molecule has 8 heteroatoms. The van der Waals surface area contributed by atoms with E-state index < -0.39 is 29.7 Å². The number of nitrogens with one attached hydrogen (secondary N) is 2. The SMILES string of the molecule is COCC(NC(=O)NCCCC(=O)O)c1ccc(F)c(F)c1. The smallest absolute Gasteiger partial charge is 0.315 e. The molecule has 1 aromatic rings. The molecule has 6 nitrogen and oxygen atoms in total. The third-order valence-corrected chi connectivity index (χ3v) is 2.84. The standard InChI is InChI=1S/C14H18F2N2O4/c1-22-8-12(9-4-5-10(15)11(16)7-9)18-14(21)17-6-2-3-13(19)20/h4-5,7,12H,2-3,6,8H2,1H3,(H,19,20)(H2,17,18,21). The number of aliphatic carboxylic acids is 1. The number of carbonyl (C=O) groups is 2. The number of halogens is 2. The normalized spacial score (nSPS) is 11.8. The lowest BCUT2D eigenvalue weighted by Gasteiger charge is -2.19. The number of hydrogen-bond acceptors (Lipinski definition) is 3. The summed E-state index contributed by atoms with van der Waals surface area (Å²) in [5.41, 5.74) is 0.362. The van der Waals surface area contributed by atoms with E-state index in [1.54, 1.807) is 0 Å². The van der Waals surface area contributed by atoms with Crippen molar-refractivity contribution in [1.82, 2.24) is 10.6 Å². The molecule has 2 amide bonds. The molecule has 1 aromatic carbocycles. The second kappa shape index (κ2) is 8.93. The van der Waals surface area contributed by atoms with Crippen LogP contribution in [0.4, 0.5) is 13.6 Å². The van der Waals surface area contributed by atoms with Crippen LogP contribution in [0.25, 0.3) is 0 Å². The number of ether oxygens (including phenoxy) is 1. The Kier molecular flexibility index (Phi) is 7.24. The molecule has 22 heavy (non-hydrogen) atoms. The van der Waals surface area contributed by atoms with Gasteiger partial charge >= 0.3 is 12.0 Å². The van der Waals surface area contributed by atoms with Crippen molar-refractivity contribution in [2.45, 2.75) is 18.9 Å². The average molecular weight is 316 g/mol. The summed E-state index contributed by atoms with van der Waals surface area (Å²) in [6.45, 7) is 0.267. The summed E-state index contributed by atoms with van der Waals surface area (Å²) in [5, 5.41) is 13.5. The number of carbonyl (C=O) groups excluding carboxylic acids is 1. The molecule has 3 N–H and O–H groups in total. The van der Waals surface area contributed by atoms with Crippen LogP contribution in [0.3, 0.4) is 0 Å². The van der Waals surface area contributed by atoms with Crippen molar-refractivity contribution in [3.8, 4) is 0 Å². The number of carboxylic acids is 1. The van der Waals surface area contributed by atoms with E-state index in [4.69, 9.17) is 9.84 Å². The molecule has 0 bridgehead atoms. The van der Waals surface area contributed by atoms with Crippen molar-refractivity contribution in [1.29, 1.82) is 0 Å². The molecule has 0 saturated carbocycles. The summed E-state index contributed by atoms with van der Waals surface area (Å²) in [4.78, 5) is 22.0. The first-order valence-corrected chi connectivity index (χ1v) is 6.64. The lowest BCUT2D eigenvalue weighted by molar-refractivity contribution is -0.137. The minimum Gasteiger partial charge on any atom is -0.481 e. The molecule has 0 radical (unpaired) electrons. The zero-order valence-corrected chi connectivity index (χ0v) is 12.1. The number of methoxy groups -OCH3 is 1. The van der Waals surface area contributed by atoms with Crippen LogP contribution in [-0.2, 0) is 9.53 Å². The van der Waals surface area contributed by atoms with Gasteiger partial charge in [-0.25, -0.2) is 13.6 Å². The molecular weight excluding hydrogens is 298 g/mol. The van der Waals surface area contributed by atoms with Gasteiger partial charge in [-0.2, -0.15) is 0 Å². The first kappa shape index (κ1) is 17.8. The largest absolute Gasteiger partial charge is 0.481 e. The third kappa shape index (κ3) is 6.04. The molecule has 0 aliphatic carbocycles. The number of hydrogen-bond donors (Lipinski definition) is 3. The highest BCUT2D eigenvalue weighted by Crippen LogP contribution is 2.16. The van der Waals surface area contributed by atoms with Crippen LogP contribution in [0, 0.1) is 11.6 Å². The molecule has 0 spiro atoms. The summed E-state index contributed by atoms with van der Waals surface area (Å²) >= 11 is 0. The number of rotatable bonds is 8. The van der Waals surface area contributed by atoms with Crippen molar-refractivity contribution >= 4 is 12.0 Å². The predicted molar refractivity (Wildman–Crippen MR) is 74.4 cm³/mol. The Morgan fingerprint density at radius 2 is 2.05 bits per heavy atom. The van der Waals surface area contributed by atoms with E-state index in [1.807, 2.05) is 0 Å². The van der Waals surface area contributed by atoms with Gasteiger partial charge in [0, 0.05) is 20.1 Å². The van der Waals surface area contributed by atoms with Crippen LogP contribution in [0.1, 0.15) is 24.4 Å². The van der Waals surface area contributed by atoms with Crippen LogP contribution < -0.4 is 10.6 Å². The molecule has 1 unspecified atom stereocenters. The molecule has 0 aliphatic heterocycles. The highest BCUT2D eigenvalue weighted by Gasteiger charge is 2.16. The van der Waals surface area contributed by atoms with E-state index in [2.05, 4.69) is 10.6 Å². The molecule has 122 valence electrons. The maximum atomic E-state index is 13.2. The van der Waals surface area contributed by atoms with E-state index in [1.165, 1.54) is 13.2 Å². The first-order chi connectivity index (χ1) is 10.4. The Balaban J connectivity index is 2.57. The van der Waals surface area contributed by atoms with Gasteiger partial charge in [0.05, 0.1) is 12.6 Å². The number of urea groups is 1. The van der Waals surface area contributed by atoms with Gasteiger partial charge in [-0.05, 0) is 24.1 Å². The van der Waals surface area contributed by atoms with Gasteiger partial charge in [-0.1, -0.05) is 6.07 Å². The minimum absolute atomic E-state index is 0.0506. The number of amides is 2. The summed E-state index contributed by atoms with van der Waals surface area (Å²) in [6, 6.07) is 2.12. The zero-order chi connectivity index (χ0) is 16.5. The van der Waals surface area contributed by atoms with Gasteiger partial charge in [0.15, 0.2) is 11.6 Å². The van der Waals surface area contributed by atoms with Crippen molar-refractivity contribution in [3.63, 3.8) is 0 Å². The molecule has 0 saturated heterocycles. The van der Waals surface area contributed by atoms with Crippen molar-refractivity contribution in [2.75, 3.05) is 20.3 Å². The van der Waals surface area contributed by atoms with Gasteiger partial charge in [0.1, 0.15) is 0 Å². The van der Waals surface area contributed by atoms with Gasteiger partial charge in [-0.15, -0.1) is 0 Å². The molecule has 1 atom stereocenters. The Labute approximate surface area is 126 Å². The van der Waals surface area contributed by atoms with Crippen LogP contribution in [0.2, 0.25) is 0 Å². The summed E-state index contributed by atoms with van der Waals surface area (Å²) < 4.78 is 31.1. The molecule has 0 heterocycles. The topological polar surface area (TPSA) is 87.7 Å². The van der Waals surface area contributed by atoms with Gasteiger partial charge in [0.25, 0.3) is 0 Å². The molecule has 1 rings (SSSR count). The Morgan fingerprint density at radius 1 is 1.32 bits per heavy atom. The fourth-order valence-corrected chi connectivity index (χ4v) is 1.77. The Morgan fingerprint density at radius 3 is 2.64 bits per heavy atom. The van der Waals surface area contributed by atoms with E-state index >= 15 is 0 Å². The van der Waals surface area contributed by atoms with Gasteiger partial charge in [-0.3, -0.25) is 4.79 Å². The van der Waals surface area contributed by atoms with Crippen LogP contribution >= 0.6 is 0 Å². The second-order valence-corrected chi connectivity index (χ2v) is 4.58. The third-order valence-electron chi connectivity index (χ3n) is 2.84. The zero-order valence-electron chi connectivity index (χ0n) is 12.1. The monoisotopic (exact) mass is 316 g/mol. The highest BCUT2D eigenvalue weighted by molar-refractivity contribution is 5.74. The molecule has 0 aromatic heterocycles. The minimum atomic E-state index is -1.01. The van der Waals surface area contributed by atoms with E-state index in [9.17, 15) is 18.4 Å². The molecule has 0 fully saturated rings. The quantitative estimate of drug-likeness (QED) is 0.638. The van der Waals surface area contributed by atoms with Crippen LogP contribution in [0.5, 0.6) is 0 Å². The first-order valence-electron chi connectivity index (χ1n) is 6.64. The molecular formula is C14H18F2N2O4. The summed E-state index contributed by atoms with van der Waals surface area (Å²) in [6.07, 6.45) is 0.244. The van der Waals surface area contributed by atoms with Crippen LogP contribution in [-0.4, -0.2) is 37.4 Å². The lowest BCUT2D eigenvalue weighted by atomic mass is 10.1. The second-order valence-electron chi connectivity index (χ2n) is 4.58. The average Bonchev–Trinajstić information content (AvgIpc) is 2.46. The number of benzene rings is 1. The van der Waals surface area contributed by atoms with Crippen molar-refractivity contribution < 1.29 is 28.2 Å². The Bertz CT molecular complexity index is 526. The van der Waals surface area contributed by atoms with Crippen molar-refractivity contribution in [3.05, 3.63) is 35.4 Å². The highest BCUT2D eigenvalue weighted by atomic mass is 19.2. The van der Waals surface area contributed by atoms with Crippen molar-refractivity contribution in [2.24, 2.45) is 0 Å². The predicted octanol–water partition coefficient (Wildman–Crippen LogP) is 1.82. The Hall–Kier alpha value is -2.22. The van der Waals surface area contributed by atoms with E-state index in [0.717, 1.165) is 12.1 Å². The fourth-order valence-electron chi connectivity index (χ4n) is 1.77. The fraction of sp³-hybridized carbons (Fsp3) is 0.429. The van der Waals surface area contributed by atoms with Crippen LogP contribution in [0.15, 0.2) is 18.2 Å². The summed E-state index contributed by atoms with van der Waals surface area (Å²) in [5.74, 6) is -2.93. The van der Waals surface area contributed by atoms with E-state index in [0.29, 0.717) is 12.0 Å². The van der Waals surface area contributed by atoms with E-state index in [-0.39, 0.29) is 19.6 Å². The molecule has 0 aliphatic rings. The number of carboxylic acid groups (broad SMARTS) is 1. The maximum absolute atomic E-state index is 13.2. The summed E-state index contributed by atoms with van der Waals surface area (Å²) in [7, 11) is 1.42. The maximum Gasteiger partial charge on any atom is 0.315 e. The van der Waals surface area contributed by atoms with Gasteiger partial charge < -0.3 is 20.5 Å². The lowest BCUT2D eigenvalue weighted by Crippen LogP contribution is -2.40.